The monoisotopic (exact) mass is 251 g/mol. The Morgan fingerprint density at radius 3 is 2.61 bits per heavy atom. The molecule has 0 radical (unpaired) electrons. The molecule has 0 saturated heterocycles. The van der Waals surface area contributed by atoms with E-state index in [1.54, 1.807) is 0 Å². The molecule has 0 aromatic heterocycles. The molecule has 0 unspecified atom stereocenters. The second-order valence-corrected chi connectivity index (χ2v) is 4.00. The van der Waals surface area contributed by atoms with Gasteiger partial charge in [-0.3, -0.25) is 4.79 Å². The molecular formula is C13H17NO4. The van der Waals surface area contributed by atoms with Crippen LogP contribution in [0.15, 0.2) is 30.3 Å². The van der Waals surface area contributed by atoms with Crippen molar-refractivity contribution >= 4 is 11.9 Å². The first kappa shape index (κ1) is 14.2. The largest absolute Gasteiger partial charge is 0.445 e. The van der Waals surface area contributed by atoms with E-state index in [4.69, 9.17) is 4.74 Å². The fourth-order valence-corrected chi connectivity index (χ4v) is 1.38. The summed E-state index contributed by atoms with van der Waals surface area (Å²) in [7, 11) is 0. The fraction of sp³-hybridized carbons (Fsp3) is 0.385. The number of carbonyl (C=O) groups excluding carboxylic acids is 2. The van der Waals surface area contributed by atoms with E-state index in [2.05, 4.69) is 5.32 Å². The summed E-state index contributed by atoms with van der Waals surface area (Å²) in [5.74, 6) is -0.123. The van der Waals surface area contributed by atoms with Crippen LogP contribution in [0.25, 0.3) is 0 Å². The van der Waals surface area contributed by atoms with Gasteiger partial charge in [0.15, 0.2) is 0 Å². The van der Waals surface area contributed by atoms with E-state index in [0.717, 1.165) is 5.56 Å². The Bertz CT molecular complexity index is 391. The highest BCUT2D eigenvalue weighted by molar-refractivity contribution is 5.76. The van der Waals surface area contributed by atoms with Crippen molar-refractivity contribution in [3.8, 4) is 0 Å². The number of aliphatic hydroxyl groups is 1. The second-order valence-electron chi connectivity index (χ2n) is 4.00. The first-order valence-corrected chi connectivity index (χ1v) is 5.70. The lowest BCUT2D eigenvalue weighted by molar-refractivity contribution is -0.118. The first-order valence-electron chi connectivity index (χ1n) is 5.70. The Morgan fingerprint density at radius 1 is 1.33 bits per heavy atom. The molecule has 5 heteroatoms. The van der Waals surface area contributed by atoms with Crippen LogP contribution in [0.1, 0.15) is 18.9 Å². The number of hydrogen-bond donors (Lipinski definition) is 2. The number of amides is 1. The maximum atomic E-state index is 11.3. The van der Waals surface area contributed by atoms with Gasteiger partial charge in [-0.15, -0.1) is 0 Å². The normalized spacial score (nSPS) is 11.7. The van der Waals surface area contributed by atoms with Crippen molar-refractivity contribution in [2.24, 2.45) is 0 Å². The maximum Gasteiger partial charge on any atom is 0.407 e. The highest BCUT2D eigenvalue weighted by atomic mass is 16.5. The Kier molecular flexibility index (Phi) is 5.87. The van der Waals surface area contributed by atoms with Crippen molar-refractivity contribution in [2.75, 3.05) is 6.54 Å². The summed E-state index contributed by atoms with van der Waals surface area (Å²) in [4.78, 5) is 22.0. The van der Waals surface area contributed by atoms with Crippen molar-refractivity contribution in [2.45, 2.75) is 26.1 Å². The van der Waals surface area contributed by atoms with Gasteiger partial charge in [-0.25, -0.2) is 4.79 Å². The molecule has 18 heavy (non-hydrogen) atoms. The molecule has 5 nitrogen and oxygen atoms in total. The number of benzene rings is 1. The Morgan fingerprint density at radius 2 is 2.00 bits per heavy atom. The summed E-state index contributed by atoms with van der Waals surface area (Å²) in [6, 6.07) is 9.28. The van der Waals surface area contributed by atoms with Gasteiger partial charge in [-0.2, -0.15) is 0 Å². The van der Waals surface area contributed by atoms with E-state index < -0.39 is 12.2 Å². The van der Waals surface area contributed by atoms with Crippen molar-refractivity contribution in [3.05, 3.63) is 35.9 Å². The van der Waals surface area contributed by atoms with Gasteiger partial charge >= 0.3 is 6.09 Å². The predicted octanol–water partition coefficient (Wildman–Crippen LogP) is 1.25. The van der Waals surface area contributed by atoms with Crippen LogP contribution >= 0.6 is 0 Å². The van der Waals surface area contributed by atoms with E-state index in [1.807, 2.05) is 30.3 Å². The lowest BCUT2D eigenvalue weighted by Gasteiger charge is -2.10. The summed E-state index contributed by atoms with van der Waals surface area (Å²) < 4.78 is 4.94. The molecule has 2 N–H and O–H groups in total. The van der Waals surface area contributed by atoms with Crippen molar-refractivity contribution in [1.82, 2.24) is 5.32 Å². The van der Waals surface area contributed by atoms with Crippen LogP contribution in [-0.2, 0) is 16.1 Å². The van der Waals surface area contributed by atoms with Gasteiger partial charge in [-0.05, 0) is 12.5 Å². The van der Waals surface area contributed by atoms with Crippen LogP contribution in [0.3, 0.4) is 0 Å². The molecule has 0 bridgehead atoms. The van der Waals surface area contributed by atoms with Gasteiger partial charge < -0.3 is 15.2 Å². The van der Waals surface area contributed by atoms with E-state index >= 15 is 0 Å². The molecule has 0 spiro atoms. The van der Waals surface area contributed by atoms with Crippen LogP contribution < -0.4 is 5.32 Å². The number of alkyl carbamates (subject to hydrolysis) is 1. The van der Waals surface area contributed by atoms with Crippen LogP contribution in [0.5, 0.6) is 0 Å². The minimum absolute atomic E-state index is 0.00715. The Labute approximate surface area is 106 Å². The molecular weight excluding hydrogens is 234 g/mol. The molecule has 1 aromatic carbocycles. The van der Waals surface area contributed by atoms with Gasteiger partial charge in [0.25, 0.3) is 0 Å². The number of nitrogens with one attached hydrogen (secondary N) is 1. The van der Waals surface area contributed by atoms with Crippen LogP contribution in [0.4, 0.5) is 4.79 Å². The van der Waals surface area contributed by atoms with Gasteiger partial charge in [0.05, 0.1) is 6.10 Å². The Balaban J connectivity index is 2.20. The molecule has 98 valence electrons. The second kappa shape index (κ2) is 7.45. The highest BCUT2D eigenvalue weighted by Gasteiger charge is 2.09. The van der Waals surface area contributed by atoms with Crippen molar-refractivity contribution in [3.63, 3.8) is 0 Å². The molecule has 0 saturated carbocycles. The molecule has 0 aliphatic carbocycles. The van der Waals surface area contributed by atoms with E-state index in [1.165, 1.54) is 6.92 Å². The number of ether oxygens (including phenoxy) is 1. The lowest BCUT2D eigenvalue weighted by atomic mass is 10.2. The third-order valence-electron chi connectivity index (χ3n) is 2.22. The summed E-state index contributed by atoms with van der Waals surface area (Å²) >= 11 is 0. The average Bonchev–Trinajstić information content (AvgIpc) is 2.34. The fourth-order valence-electron chi connectivity index (χ4n) is 1.38. The van der Waals surface area contributed by atoms with Crippen LogP contribution in [0, 0.1) is 0 Å². The van der Waals surface area contributed by atoms with Gasteiger partial charge in [0, 0.05) is 13.0 Å². The molecule has 0 fully saturated rings. The van der Waals surface area contributed by atoms with Gasteiger partial charge in [-0.1, -0.05) is 30.3 Å². The quantitative estimate of drug-likeness (QED) is 0.798. The minimum Gasteiger partial charge on any atom is -0.445 e. The number of carbonyl (C=O) groups is 2. The number of ketones is 1. The predicted molar refractivity (Wildman–Crippen MR) is 65.9 cm³/mol. The zero-order chi connectivity index (χ0) is 13.4. The van der Waals surface area contributed by atoms with Crippen molar-refractivity contribution < 1.29 is 19.4 Å². The topological polar surface area (TPSA) is 75.6 Å². The minimum atomic E-state index is -0.869. The highest BCUT2D eigenvalue weighted by Crippen LogP contribution is 2.00. The zero-order valence-electron chi connectivity index (χ0n) is 10.3. The summed E-state index contributed by atoms with van der Waals surface area (Å²) in [5, 5.41) is 11.8. The molecule has 0 aliphatic heterocycles. The van der Waals surface area contributed by atoms with Gasteiger partial charge in [0.2, 0.25) is 0 Å². The molecule has 1 atom stereocenters. The number of aliphatic hydroxyl groups excluding tert-OH is 1. The molecule has 1 amide bonds. The van der Waals surface area contributed by atoms with E-state index in [0.29, 0.717) is 0 Å². The standard InChI is InChI=1S/C13H17NO4/c1-10(15)7-12(16)8-14-13(17)18-9-11-5-3-2-4-6-11/h2-6,12,16H,7-9H2,1H3,(H,14,17)/t12-/m0/s1. The van der Waals surface area contributed by atoms with Crippen LogP contribution in [0.2, 0.25) is 0 Å². The third kappa shape index (κ3) is 6.00. The third-order valence-corrected chi connectivity index (χ3v) is 2.22. The summed E-state index contributed by atoms with van der Waals surface area (Å²) in [6.45, 7) is 1.57. The number of hydrogen-bond acceptors (Lipinski definition) is 4. The smallest absolute Gasteiger partial charge is 0.407 e. The summed E-state index contributed by atoms with van der Waals surface area (Å²) in [5.41, 5.74) is 0.886. The van der Waals surface area contributed by atoms with Gasteiger partial charge in [0.1, 0.15) is 12.4 Å². The first-order chi connectivity index (χ1) is 8.58. The number of Topliss-reactive ketones (excluding diaryl/α,β-unsaturated/α-hetero) is 1. The van der Waals surface area contributed by atoms with Crippen LogP contribution in [-0.4, -0.2) is 29.6 Å². The SMILES string of the molecule is CC(=O)C[C@H](O)CNC(=O)OCc1ccccc1. The average molecular weight is 251 g/mol. The summed E-state index contributed by atoms with van der Waals surface area (Å²) in [6.07, 6.45) is -1.45. The Hall–Kier alpha value is -1.88. The maximum absolute atomic E-state index is 11.3. The van der Waals surface area contributed by atoms with E-state index in [9.17, 15) is 14.7 Å². The number of rotatable bonds is 6. The molecule has 1 rings (SSSR count). The molecule has 0 aliphatic rings. The lowest BCUT2D eigenvalue weighted by Crippen LogP contribution is -2.33. The molecule has 0 heterocycles. The molecule has 1 aromatic rings. The van der Waals surface area contributed by atoms with E-state index in [-0.39, 0.29) is 25.4 Å². The van der Waals surface area contributed by atoms with Crippen molar-refractivity contribution in [1.29, 1.82) is 0 Å². The zero-order valence-corrected chi connectivity index (χ0v) is 10.3.